The molecule has 2 aromatic rings. The monoisotopic (exact) mass is 343 g/mol. The van der Waals surface area contributed by atoms with Crippen LogP contribution in [0.15, 0.2) is 27.9 Å². The van der Waals surface area contributed by atoms with E-state index < -0.39 is 0 Å². The van der Waals surface area contributed by atoms with Crippen LogP contribution in [0.3, 0.4) is 0 Å². The molecule has 0 radical (unpaired) electrons. The minimum Gasteiger partial charge on any atom is -0.361 e. The van der Waals surface area contributed by atoms with Gasteiger partial charge in [0.05, 0.1) is 17.6 Å². The van der Waals surface area contributed by atoms with Gasteiger partial charge in [-0.25, -0.2) is 0 Å². The summed E-state index contributed by atoms with van der Waals surface area (Å²) in [5.74, 6) is 1.88. The van der Waals surface area contributed by atoms with Crippen LogP contribution in [0.25, 0.3) is 0 Å². The number of rotatable bonds is 2. The molecule has 3 heterocycles. The Morgan fingerprint density at radius 2 is 2.17 bits per heavy atom. The van der Waals surface area contributed by atoms with E-state index in [1.807, 2.05) is 17.9 Å². The summed E-state index contributed by atoms with van der Waals surface area (Å²) in [4.78, 5) is 20.4. The lowest BCUT2D eigenvalue weighted by atomic mass is 9.85. The summed E-state index contributed by atoms with van der Waals surface area (Å²) in [6, 6.07) is 1.97. The van der Waals surface area contributed by atoms with Crippen LogP contribution in [0, 0.1) is 6.92 Å². The number of amides is 1. The van der Waals surface area contributed by atoms with Gasteiger partial charge < -0.3 is 9.42 Å². The van der Waals surface area contributed by atoms with E-state index in [1.54, 1.807) is 24.2 Å². The number of anilines is 1. The van der Waals surface area contributed by atoms with E-state index in [1.165, 1.54) is 19.3 Å². The highest BCUT2D eigenvalue weighted by molar-refractivity contribution is 7.99. The number of fused-ring (bicyclic) bond motifs is 1. The first-order valence-corrected chi connectivity index (χ1v) is 9.59. The number of carbonyl (C=O) groups excluding carboxylic acids is 1. The van der Waals surface area contributed by atoms with Crippen molar-refractivity contribution in [3.05, 3.63) is 35.5 Å². The number of pyridine rings is 1. The highest BCUT2D eigenvalue weighted by atomic mass is 32.2. The molecular weight excluding hydrogens is 322 g/mol. The fraction of sp³-hybridized carbons (Fsp3) is 0.500. The van der Waals surface area contributed by atoms with Crippen molar-refractivity contribution < 1.29 is 9.32 Å². The van der Waals surface area contributed by atoms with Crippen molar-refractivity contribution in [2.45, 2.75) is 49.8 Å². The Balaban J connectivity index is 1.69. The van der Waals surface area contributed by atoms with Gasteiger partial charge >= 0.3 is 0 Å². The standard InChI is InChI=1S/C18H21N3O2S/c1-12-16(17(20-23-12)13-5-3-2-4-6-13)18(22)21-9-10-24-15-7-8-19-11-14(15)21/h7-8,11,13H,2-6,9-10H2,1H3. The van der Waals surface area contributed by atoms with Crippen LogP contribution in [0.2, 0.25) is 0 Å². The van der Waals surface area contributed by atoms with E-state index in [0.717, 1.165) is 34.9 Å². The highest BCUT2D eigenvalue weighted by Crippen LogP contribution is 2.38. The van der Waals surface area contributed by atoms with Crippen LogP contribution in [0.4, 0.5) is 5.69 Å². The predicted molar refractivity (Wildman–Crippen MR) is 93.7 cm³/mol. The van der Waals surface area contributed by atoms with Crippen molar-refractivity contribution in [1.29, 1.82) is 0 Å². The molecule has 0 spiro atoms. The summed E-state index contributed by atoms with van der Waals surface area (Å²) in [7, 11) is 0. The van der Waals surface area contributed by atoms with Crippen LogP contribution in [0.1, 0.15) is 59.8 Å². The maximum atomic E-state index is 13.3. The Labute approximate surface area is 145 Å². The number of thioether (sulfide) groups is 1. The first-order chi connectivity index (χ1) is 11.8. The van der Waals surface area contributed by atoms with Gasteiger partial charge in [0.1, 0.15) is 11.3 Å². The van der Waals surface area contributed by atoms with E-state index in [9.17, 15) is 4.79 Å². The number of aryl methyl sites for hydroxylation is 1. The van der Waals surface area contributed by atoms with Crippen molar-refractivity contribution in [3.63, 3.8) is 0 Å². The zero-order valence-corrected chi connectivity index (χ0v) is 14.6. The SMILES string of the molecule is Cc1onc(C2CCCCC2)c1C(=O)N1CCSc2ccncc21. The van der Waals surface area contributed by atoms with Gasteiger partial charge in [-0.1, -0.05) is 24.4 Å². The number of hydrogen-bond donors (Lipinski definition) is 0. The van der Waals surface area contributed by atoms with E-state index in [4.69, 9.17) is 4.52 Å². The Kier molecular flexibility index (Phi) is 4.31. The first-order valence-electron chi connectivity index (χ1n) is 8.60. The molecule has 1 amide bonds. The van der Waals surface area contributed by atoms with Crippen LogP contribution < -0.4 is 4.90 Å². The molecule has 0 aromatic carbocycles. The third kappa shape index (κ3) is 2.73. The van der Waals surface area contributed by atoms with E-state index in [-0.39, 0.29) is 5.91 Å². The van der Waals surface area contributed by atoms with E-state index in [0.29, 0.717) is 23.8 Å². The minimum atomic E-state index is 0.00359. The molecule has 1 saturated carbocycles. The lowest BCUT2D eigenvalue weighted by molar-refractivity contribution is 0.0984. The van der Waals surface area contributed by atoms with Crippen molar-refractivity contribution in [1.82, 2.24) is 10.1 Å². The van der Waals surface area contributed by atoms with Gasteiger partial charge in [-0.3, -0.25) is 9.78 Å². The topological polar surface area (TPSA) is 59.2 Å². The summed E-state index contributed by atoms with van der Waals surface area (Å²) in [5.41, 5.74) is 2.43. The Hall–Kier alpha value is -1.82. The second-order valence-electron chi connectivity index (χ2n) is 6.48. The molecule has 4 rings (SSSR count). The second-order valence-corrected chi connectivity index (χ2v) is 7.62. The predicted octanol–water partition coefficient (Wildman–Crippen LogP) is 4.18. The lowest BCUT2D eigenvalue weighted by Crippen LogP contribution is -2.36. The zero-order chi connectivity index (χ0) is 16.5. The molecule has 1 aliphatic carbocycles. The largest absolute Gasteiger partial charge is 0.361 e. The highest BCUT2D eigenvalue weighted by Gasteiger charge is 2.32. The summed E-state index contributed by atoms with van der Waals surface area (Å²) < 4.78 is 5.43. The van der Waals surface area contributed by atoms with Crippen LogP contribution in [-0.2, 0) is 0 Å². The molecule has 0 saturated heterocycles. The Bertz CT molecular complexity index is 752. The molecule has 24 heavy (non-hydrogen) atoms. The summed E-state index contributed by atoms with van der Waals surface area (Å²) in [5, 5.41) is 4.27. The van der Waals surface area contributed by atoms with Gasteiger partial charge in [0.15, 0.2) is 0 Å². The van der Waals surface area contributed by atoms with E-state index >= 15 is 0 Å². The maximum absolute atomic E-state index is 13.3. The molecule has 1 aliphatic heterocycles. The fourth-order valence-corrected chi connectivity index (χ4v) is 4.68. The number of nitrogens with zero attached hydrogens (tertiary/aromatic N) is 3. The third-order valence-corrected chi connectivity index (χ3v) is 6.01. The van der Waals surface area contributed by atoms with Gasteiger partial charge in [-0.05, 0) is 25.8 Å². The molecule has 6 heteroatoms. The molecule has 0 N–H and O–H groups in total. The maximum Gasteiger partial charge on any atom is 0.263 e. The van der Waals surface area contributed by atoms with Gasteiger partial charge in [0.25, 0.3) is 5.91 Å². The smallest absolute Gasteiger partial charge is 0.263 e. The van der Waals surface area contributed by atoms with Crippen molar-refractivity contribution in [3.8, 4) is 0 Å². The summed E-state index contributed by atoms with van der Waals surface area (Å²) >= 11 is 1.77. The number of carbonyl (C=O) groups is 1. The second kappa shape index (κ2) is 6.59. The molecule has 126 valence electrons. The Morgan fingerprint density at radius 1 is 1.33 bits per heavy atom. The Morgan fingerprint density at radius 3 is 3.00 bits per heavy atom. The molecule has 0 unspecified atom stereocenters. The number of hydrogen-bond acceptors (Lipinski definition) is 5. The van der Waals surface area contributed by atoms with Gasteiger partial charge in [-0.2, -0.15) is 0 Å². The fourth-order valence-electron chi connectivity index (χ4n) is 3.72. The molecule has 2 aliphatic rings. The average molecular weight is 343 g/mol. The third-order valence-electron chi connectivity index (χ3n) is 4.96. The minimum absolute atomic E-state index is 0.00359. The van der Waals surface area contributed by atoms with Crippen molar-refractivity contribution >= 4 is 23.4 Å². The molecular formula is C18H21N3O2S. The quantitative estimate of drug-likeness (QED) is 0.819. The molecule has 0 bridgehead atoms. The molecule has 5 nitrogen and oxygen atoms in total. The normalized spacial score (nSPS) is 18.5. The summed E-state index contributed by atoms with van der Waals surface area (Å²) in [6.07, 6.45) is 9.44. The van der Waals surface area contributed by atoms with Gasteiger partial charge in [-0.15, -0.1) is 11.8 Å². The zero-order valence-electron chi connectivity index (χ0n) is 13.8. The van der Waals surface area contributed by atoms with Gasteiger partial charge in [0, 0.05) is 29.3 Å². The van der Waals surface area contributed by atoms with Crippen molar-refractivity contribution in [2.75, 3.05) is 17.2 Å². The van der Waals surface area contributed by atoms with Crippen LogP contribution >= 0.6 is 11.8 Å². The molecule has 1 fully saturated rings. The average Bonchev–Trinajstić information content (AvgIpc) is 3.03. The number of aromatic nitrogens is 2. The van der Waals surface area contributed by atoms with Crippen LogP contribution in [-0.4, -0.2) is 28.3 Å². The van der Waals surface area contributed by atoms with Crippen molar-refractivity contribution in [2.24, 2.45) is 0 Å². The lowest BCUT2D eigenvalue weighted by Gasteiger charge is -2.29. The first kappa shape index (κ1) is 15.7. The summed E-state index contributed by atoms with van der Waals surface area (Å²) in [6.45, 7) is 2.53. The van der Waals surface area contributed by atoms with E-state index in [2.05, 4.69) is 10.1 Å². The van der Waals surface area contributed by atoms with Gasteiger partial charge in [0.2, 0.25) is 0 Å². The molecule has 0 atom stereocenters. The molecule has 2 aromatic heterocycles. The van der Waals surface area contributed by atoms with Crippen LogP contribution in [0.5, 0.6) is 0 Å².